The zero-order valence-corrected chi connectivity index (χ0v) is 14.5. The number of aliphatic hydroxyl groups excluding tert-OH is 1. The number of benzene rings is 1. The number of hydrogen-bond acceptors (Lipinski definition) is 3. The number of amides is 1. The summed E-state index contributed by atoms with van der Waals surface area (Å²) in [5, 5.41) is 14.0. The fourth-order valence-corrected chi connectivity index (χ4v) is 3.04. The Morgan fingerprint density at radius 1 is 1.38 bits per heavy atom. The number of hydrogen-bond donors (Lipinski definition) is 1. The number of aromatic nitrogens is 2. The van der Waals surface area contributed by atoms with E-state index in [0.29, 0.717) is 29.7 Å². The van der Waals surface area contributed by atoms with Crippen LogP contribution in [-0.4, -0.2) is 44.9 Å². The summed E-state index contributed by atoms with van der Waals surface area (Å²) in [7, 11) is 0. The van der Waals surface area contributed by atoms with E-state index in [2.05, 4.69) is 5.10 Å². The molecule has 1 fully saturated rings. The number of nitrogens with zero attached hydrogens (tertiary/aromatic N) is 3. The molecule has 6 heteroatoms. The smallest absolute Gasteiger partial charge is 0.274 e. The van der Waals surface area contributed by atoms with Gasteiger partial charge in [-0.15, -0.1) is 0 Å². The molecule has 0 aliphatic heterocycles. The van der Waals surface area contributed by atoms with Gasteiger partial charge in [-0.3, -0.25) is 4.79 Å². The summed E-state index contributed by atoms with van der Waals surface area (Å²) < 4.78 is 1.72. The summed E-state index contributed by atoms with van der Waals surface area (Å²) in [4.78, 5) is 14.8. The average molecular weight is 348 g/mol. The number of halogens is 1. The molecule has 1 aromatic heterocycles. The molecule has 0 bridgehead atoms. The highest BCUT2D eigenvalue weighted by molar-refractivity contribution is 6.32. The molecule has 1 aliphatic rings. The summed E-state index contributed by atoms with van der Waals surface area (Å²) >= 11 is 6.25. The molecule has 0 atom stereocenters. The standard InChI is InChI=1S/C18H22ClN3O2/c1-13-12-16(20-22(13)17-7-3-2-6-15(17)19)18(24)21(14-8-9-14)10-4-5-11-23/h2-3,6-7,12,14,23H,4-5,8-11H2,1H3. The third-order valence-electron chi connectivity index (χ3n) is 4.24. The lowest BCUT2D eigenvalue weighted by atomic mass is 10.2. The SMILES string of the molecule is Cc1cc(C(=O)N(CCCCO)C2CC2)nn1-c1ccccc1Cl. The van der Waals surface area contributed by atoms with Crippen molar-refractivity contribution in [2.24, 2.45) is 0 Å². The molecule has 3 rings (SSSR count). The third kappa shape index (κ3) is 3.62. The van der Waals surface area contributed by atoms with Crippen LogP contribution in [0.15, 0.2) is 30.3 Å². The third-order valence-corrected chi connectivity index (χ3v) is 4.56. The van der Waals surface area contributed by atoms with Crippen LogP contribution < -0.4 is 0 Å². The second kappa shape index (κ2) is 7.36. The van der Waals surface area contributed by atoms with E-state index in [1.807, 2.05) is 42.2 Å². The van der Waals surface area contributed by atoms with Gasteiger partial charge in [0.15, 0.2) is 5.69 Å². The number of aliphatic hydroxyl groups is 1. The first-order valence-corrected chi connectivity index (χ1v) is 8.73. The van der Waals surface area contributed by atoms with Gasteiger partial charge >= 0.3 is 0 Å². The Morgan fingerprint density at radius 3 is 2.79 bits per heavy atom. The van der Waals surface area contributed by atoms with Gasteiger partial charge in [0.25, 0.3) is 5.91 Å². The Labute approximate surface area is 146 Å². The Balaban J connectivity index is 1.82. The van der Waals surface area contributed by atoms with E-state index in [-0.39, 0.29) is 12.5 Å². The van der Waals surface area contributed by atoms with Crippen LogP contribution in [0, 0.1) is 6.92 Å². The van der Waals surface area contributed by atoms with Crippen molar-refractivity contribution in [1.82, 2.24) is 14.7 Å². The van der Waals surface area contributed by atoms with Crippen molar-refractivity contribution in [2.75, 3.05) is 13.2 Å². The monoisotopic (exact) mass is 347 g/mol. The van der Waals surface area contributed by atoms with Crippen molar-refractivity contribution in [3.8, 4) is 5.69 Å². The van der Waals surface area contributed by atoms with E-state index >= 15 is 0 Å². The molecule has 128 valence electrons. The lowest BCUT2D eigenvalue weighted by molar-refractivity contribution is 0.0730. The first-order chi connectivity index (χ1) is 11.6. The molecule has 0 spiro atoms. The maximum Gasteiger partial charge on any atom is 0.274 e. The van der Waals surface area contributed by atoms with Crippen molar-refractivity contribution in [2.45, 2.75) is 38.6 Å². The zero-order valence-electron chi connectivity index (χ0n) is 13.8. The Bertz CT molecular complexity index is 725. The molecule has 24 heavy (non-hydrogen) atoms. The zero-order chi connectivity index (χ0) is 17.1. The van der Waals surface area contributed by atoms with E-state index < -0.39 is 0 Å². The van der Waals surface area contributed by atoms with Gasteiger partial charge in [-0.2, -0.15) is 5.10 Å². The minimum atomic E-state index is -0.0376. The fraction of sp³-hybridized carbons (Fsp3) is 0.444. The van der Waals surface area contributed by atoms with Crippen molar-refractivity contribution in [3.05, 3.63) is 46.7 Å². The van der Waals surface area contributed by atoms with Crippen LogP contribution in [0.3, 0.4) is 0 Å². The Morgan fingerprint density at radius 2 is 2.12 bits per heavy atom. The predicted octanol–water partition coefficient (Wildman–Crippen LogP) is 3.21. The van der Waals surface area contributed by atoms with Gasteiger partial charge in [0.2, 0.25) is 0 Å². The quantitative estimate of drug-likeness (QED) is 0.782. The minimum Gasteiger partial charge on any atom is -0.396 e. The van der Waals surface area contributed by atoms with Gasteiger partial charge < -0.3 is 10.0 Å². The molecule has 2 aromatic rings. The van der Waals surface area contributed by atoms with Crippen molar-refractivity contribution in [3.63, 3.8) is 0 Å². The van der Waals surface area contributed by atoms with Crippen LogP contribution in [0.2, 0.25) is 5.02 Å². The maximum absolute atomic E-state index is 12.9. The highest BCUT2D eigenvalue weighted by atomic mass is 35.5. The lowest BCUT2D eigenvalue weighted by Gasteiger charge is -2.21. The number of carbonyl (C=O) groups is 1. The largest absolute Gasteiger partial charge is 0.396 e. The van der Waals surface area contributed by atoms with Crippen LogP contribution in [-0.2, 0) is 0 Å². The van der Waals surface area contributed by atoms with Crippen LogP contribution >= 0.6 is 11.6 Å². The van der Waals surface area contributed by atoms with Crippen molar-refractivity contribution >= 4 is 17.5 Å². The predicted molar refractivity (Wildman–Crippen MR) is 93.7 cm³/mol. The van der Waals surface area contributed by atoms with Crippen molar-refractivity contribution in [1.29, 1.82) is 0 Å². The fourth-order valence-electron chi connectivity index (χ4n) is 2.82. The van der Waals surface area contributed by atoms with Crippen LogP contribution in [0.1, 0.15) is 41.9 Å². The summed E-state index contributed by atoms with van der Waals surface area (Å²) in [6.07, 6.45) is 3.62. The molecule has 0 unspecified atom stereocenters. The van der Waals surface area contributed by atoms with Gasteiger partial charge in [0.1, 0.15) is 0 Å². The molecule has 1 heterocycles. The second-order valence-electron chi connectivity index (χ2n) is 6.19. The Kier molecular flexibility index (Phi) is 5.21. The molecule has 1 aromatic carbocycles. The number of carbonyl (C=O) groups excluding carboxylic acids is 1. The van der Waals surface area contributed by atoms with E-state index in [9.17, 15) is 4.79 Å². The Hall–Kier alpha value is -1.85. The number of aryl methyl sites for hydroxylation is 1. The number of rotatable bonds is 7. The molecular formula is C18H22ClN3O2. The first-order valence-electron chi connectivity index (χ1n) is 8.35. The molecule has 5 nitrogen and oxygen atoms in total. The summed E-state index contributed by atoms with van der Waals surface area (Å²) in [6.45, 7) is 2.75. The van der Waals surface area contributed by atoms with Gasteiger partial charge in [0.05, 0.1) is 10.7 Å². The minimum absolute atomic E-state index is 0.0376. The number of unbranched alkanes of at least 4 members (excludes halogenated alkanes) is 1. The van der Waals surface area contributed by atoms with Gasteiger partial charge in [-0.05, 0) is 50.8 Å². The van der Waals surface area contributed by atoms with E-state index in [1.165, 1.54) is 0 Å². The molecule has 1 amide bonds. The lowest BCUT2D eigenvalue weighted by Crippen LogP contribution is -2.34. The van der Waals surface area contributed by atoms with Gasteiger partial charge in [0, 0.05) is 24.9 Å². The van der Waals surface area contributed by atoms with Crippen LogP contribution in [0.5, 0.6) is 0 Å². The van der Waals surface area contributed by atoms with Crippen LogP contribution in [0.25, 0.3) is 5.69 Å². The van der Waals surface area contributed by atoms with E-state index in [1.54, 1.807) is 4.68 Å². The number of para-hydroxylation sites is 1. The van der Waals surface area contributed by atoms with Crippen molar-refractivity contribution < 1.29 is 9.90 Å². The average Bonchev–Trinajstić information content (AvgIpc) is 3.34. The molecule has 1 saturated carbocycles. The van der Waals surface area contributed by atoms with E-state index in [4.69, 9.17) is 16.7 Å². The highest BCUT2D eigenvalue weighted by Gasteiger charge is 2.33. The van der Waals surface area contributed by atoms with Gasteiger partial charge in [-0.25, -0.2) is 4.68 Å². The highest BCUT2D eigenvalue weighted by Crippen LogP contribution is 2.29. The molecule has 0 radical (unpaired) electrons. The molecule has 1 N–H and O–H groups in total. The summed E-state index contributed by atoms with van der Waals surface area (Å²) in [5.74, 6) is -0.0376. The van der Waals surface area contributed by atoms with Crippen LogP contribution in [0.4, 0.5) is 0 Å². The molecule has 1 aliphatic carbocycles. The maximum atomic E-state index is 12.9. The molecule has 0 saturated heterocycles. The van der Waals surface area contributed by atoms with Gasteiger partial charge in [-0.1, -0.05) is 23.7 Å². The summed E-state index contributed by atoms with van der Waals surface area (Å²) in [6, 6.07) is 9.60. The molecular weight excluding hydrogens is 326 g/mol. The second-order valence-corrected chi connectivity index (χ2v) is 6.60. The summed E-state index contributed by atoms with van der Waals surface area (Å²) in [5.41, 5.74) is 2.09. The normalized spacial score (nSPS) is 14.0. The topological polar surface area (TPSA) is 58.4 Å². The first kappa shape index (κ1) is 17.0. The van der Waals surface area contributed by atoms with E-state index in [0.717, 1.165) is 30.6 Å².